The molecule has 3 fully saturated rings. The summed E-state index contributed by atoms with van der Waals surface area (Å²) in [7, 11) is 3.40. The lowest BCUT2D eigenvalue weighted by Gasteiger charge is -2.44. The summed E-state index contributed by atoms with van der Waals surface area (Å²) in [5, 5.41) is 4.01. The average Bonchev–Trinajstić information content (AvgIpc) is 3.27. The zero-order valence-corrected chi connectivity index (χ0v) is 19.7. The molecule has 8 heteroatoms. The highest BCUT2D eigenvalue weighted by Gasteiger charge is 2.72. The topological polar surface area (TPSA) is 71.1 Å². The number of carbonyl (C=O) groups excluding carboxylic acids is 2. The molecule has 2 atom stereocenters. The predicted molar refractivity (Wildman–Crippen MR) is 118 cm³/mol. The maximum Gasteiger partial charge on any atom is 0.410 e. The Kier molecular flexibility index (Phi) is 5.41. The Balaban J connectivity index is 1.28. The number of hydrogen-bond acceptors (Lipinski definition) is 5. The molecule has 1 saturated carbocycles. The third kappa shape index (κ3) is 4.22. The molecular formula is C23H32ClN3O4. The van der Waals surface area contributed by atoms with E-state index in [4.69, 9.17) is 21.1 Å². The van der Waals surface area contributed by atoms with E-state index in [0.29, 0.717) is 16.3 Å². The molecule has 2 spiro atoms. The van der Waals surface area contributed by atoms with Gasteiger partial charge in [0, 0.05) is 39.1 Å². The van der Waals surface area contributed by atoms with E-state index in [9.17, 15) is 9.59 Å². The first-order valence-corrected chi connectivity index (χ1v) is 11.3. The molecule has 2 amide bonds. The Bertz CT molecular complexity index is 881. The van der Waals surface area contributed by atoms with Crippen LogP contribution in [0.1, 0.15) is 56.8 Å². The Morgan fingerprint density at radius 3 is 2.42 bits per heavy atom. The second-order valence-corrected chi connectivity index (χ2v) is 10.7. The number of halogens is 1. The van der Waals surface area contributed by atoms with Gasteiger partial charge < -0.3 is 19.3 Å². The van der Waals surface area contributed by atoms with Crippen molar-refractivity contribution in [1.29, 1.82) is 0 Å². The third-order valence-corrected chi connectivity index (χ3v) is 7.04. The second-order valence-electron chi connectivity index (χ2n) is 10.3. The molecule has 1 N–H and O–H groups in total. The Hall–Kier alpha value is -1.99. The monoisotopic (exact) mass is 449 g/mol. The van der Waals surface area contributed by atoms with E-state index in [1.807, 2.05) is 25.7 Å². The molecule has 3 aliphatic rings. The van der Waals surface area contributed by atoms with Gasteiger partial charge in [0.05, 0.1) is 10.6 Å². The highest BCUT2D eigenvalue weighted by molar-refractivity contribution is 6.34. The molecular weight excluding hydrogens is 418 g/mol. The van der Waals surface area contributed by atoms with Crippen molar-refractivity contribution >= 4 is 23.6 Å². The molecule has 31 heavy (non-hydrogen) atoms. The number of piperidine rings is 1. The van der Waals surface area contributed by atoms with E-state index in [0.717, 1.165) is 38.8 Å². The van der Waals surface area contributed by atoms with Crippen LogP contribution in [0.5, 0.6) is 5.75 Å². The van der Waals surface area contributed by atoms with Crippen molar-refractivity contribution in [3.8, 4) is 5.75 Å². The van der Waals surface area contributed by atoms with Crippen molar-refractivity contribution in [2.24, 2.45) is 5.41 Å². The first-order chi connectivity index (χ1) is 14.4. The summed E-state index contributed by atoms with van der Waals surface area (Å²) in [4.78, 5) is 27.8. The molecule has 2 saturated heterocycles. The van der Waals surface area contributed by atoms with Crippen LogP contribution in [-0.2, 0) is 4.74 Å². The van der Waals surface area contributed by atoms with Crippen molar-refractivity contribution in [3.63, 3.8) is 0 Å². The first kappa shape index (κ1) is 22.2. The predicted octanol–water partition coefficient (Wildman–Crippen LogP) is 3.90. The minimum atomic E-state index is -0.464. The lowest BCUT2D eigenvalue weighted by molar-refractivity contribution is -0.00157. The van der Waals surface area contributed by atoms with Crippen LogP contribution in [-0.4, -0.2) is 66.4 Å². The van der Waals surface area contributed by atoms with Crippen LogP contribution in [0.3, 0.4) is 0 Å². The lowest BCUT2D eigenvalue weighted by atomic mass is 9.83. The average molecular weight is 450 g/mol. The number of carbonyl (C=O) groups is 2. The first-order valence-electron chi connectivity index (χ1n) is 10.9. The summed E-state index contributed by atoms with van der Waals surface area (Å²) in [6.07, 6.45) is 3.76. The van der Waals surface area contributed by atoms with Gasteiger partial charge in [0.1, 0.15) is 11.4 Å². The van der Waals surface area contributed by atoms with Gasteiger partial charge >= 0.3 is 6.09 Å². The van der Waals surface area contributed by atoms with Crippen LogP contribution in [0.2, 0.25) is 5.02 Å². The van der Waals surface area contributed by atoms with Gasteiger partial charge in [-0.25, -0.2) is 4.79 Å². The fourth-order valence-electron chi connectivity index (χ4n) is 4.95. The van der Waals surface area contributed by atoms with Crippen molar-refractivity contribution in [2.45, 2.75) is 63.8 Å². The van der Waals surface area contributed by atoms with E-state index in [1.54, 1.807) is 32.3 Å². The number of nitrogens with zero attached hydrogens (tertiary/aromatic N) is 2. The van der Waals surface area contributed by atoms with Crippen molar-refractivity contribution < 1.29 is 19.1 Å². The van der Waals surface area contributed by atoms with Crippen molar-refractivity contribution in [3.05, 3.63) is 28.8 Å². The molecule has 0 aromatic heterocycles. The fourth-order valence-corrected chi connectivity index (χ4v) is 5.20. The normalized spacial score (nSPS) is 26.4. The van der Waals surface area contributed by atoms with Crippen LogP contribution in [0.25, 0.3) is 0 Å². The number of nitrogens with one attached hydrogen (secondary N) is 1. The molecule has 1 aromatic rings. The minimum Gasteiger partial charge on any atom is -0.475 e. The van der Waals surface area contributed by atoms with Crippen LogP contribution >= 0.6 is 11.6 Å². The SMILES string of the molecule is CN(C)C(=O)c1ccc(O[C@H]2C[C@]3(CC34CCN(C(=O)OC(C)(C)C)CC4)N2)cc1Cl. The van der Waals surface area contributed by atoms with Crippen LogP contribution < -0.4 is 10.1 Å². The van der Waals surface area contributed by atoms with E-state index in [1.165, 1.54) is 4.90 Å². The number of hydrogen-bond donors (Lipinski definition) is 1. The van der Waals surface area contributed by atoms with Gasteiger partial charge in [0.2, 0.25) is 0 Å². The summed E-state index contributed by atoms with van der Waals surface area (Å²) < 4.78 is 11.5. The molecule has 1 aliphatic carbocycles. The van der Waals surface area contributed by atoms with Crippen molar-refractivity contribution in [2.75, 3.05) is 27.2 Å². The summed E-state index contributed by atoms with van der Waals surface area (Å²) in [6, 6.07) is 5.20. The summed E-state index contributed by atoms with van der Waals surface area (Å²) in [5.41, 5.74) is 0.385. The lowest BCUT2D eigenvalue weighted by Crippen LogP contribution is -2.61. The molecule has 0 radical (unpaired) electrons. The van der Waals surface area contributed by atoms with Crippen molar-refractivity contribution in [1.82, 2.24) is 15.1 Å². The largest absolute Gasteiger partial charge is 0.475 e. The molecule has 2 heterocycles. The van der Waals surface area contributed by atoms with Crippen LogP contribution in [0, 0.1) is 5.41 Å². The Morgan fingerprint density at radius 2 is 1.87 bits per heavy atom. The standard InChI is InChI=1S/C23H32ClN3O4/c1-21(2,3)31-20(29)27-10-8-22(9-11-27)14-23(22)13-18(25-23)30-15-6-7-16(17(24)12-15)19(28)26(4)5/h6-7,12,18,25H,8-11,13-14H2,1-5H3/t18-,23+/m0/s1. The van der Waals surface area contributed by atoms with Gasteiger partial charge in [-0.2, -0.15) is 0 Å². The number of fused-ring (bicyclic) bond motifs is 1. The van der Waals surface area contributed by atoms with Gasteiger partial charge in [0.15, 0.2) is 6.23 Å². The van der Waals surface area contributed by atoms with Gasteiger partial charge in [-0.3, -0.25) is 10.1 Å². The van der Waals surface area contributed by atoms with E-state index in [2.05, 4.69) is 5.32 Å². The quantitative estimate of drug-likeness (QED) is 0.757. The summed E-state index contributed by atoms with van der Waals surface area (Å²) in [6.45, 7) is 7.16. The van der Waals surface area contributed by atoms with Gasteiger partial charge in [-0.05, 0) is 63.6 Å². The van der Waals surface area contributed by atoms with E-state index >= 15 is 0 Å². The zero-order chi connectivity index (χ0) is 22.6. The Labute approximate surface area is 189 Å². The molecule has 2 aliphatic heterocycles. The number of ether oxygens (including phenoxy) is 2. The highest BCUT2D eigenvalue weighted by atomic mass is 35.5. The van der Waals surface area contributed by atoms with Gasteiger partial charge in [0.25, 0.3) is 5.91 Å². The highest BCUT2D eigenvalue weighted by Crippen LogP contribution is 2.67. The number of benzene rings is 1. The third-order valence-electron chi connectivity index (χ3n) is 6.73. The number of likely N-dealkylation sites (tertiary alicyclic amines) is 1. The maximum atomic E-state index is 12.3. The second kappa shape index (κ2) is 7.55. The Morgan fingerprint density at radius 1 is 1.23 bits per heavy atom. The molecule has 0 bridgehead atoms. The smallest absolute Gasteiger partial charge is 0.410 e. The molecule has 4 rings (SSSR count). The zero-order valence-electron chi connectivity index (χ0n) is 19.0. The van der Waals surface area contributed by atoms with E-state index in [-0.39, 0.29) is 29.2 Å². The molecule has 0 unspecified atom stereocenters. The maximum absolute atomic E-state index is 12.3. The number of amides is 2. The molecule has 170 valence electrons. The summed E-state index contributed by atoms with van der Waals surface area (Å²) in [5.74, 6) is 0.525. The van der Waals surface area contributed by atoms with Crippen LogP contribution in [0.4, 0.5) is 4.79 Å². The summed E-state index contributed by atoms with van der Waals surface area (Å²) >= 11 is 6.29. The minimum absolute atomic E-state index is 0.0604. The van der Waals surface area contributed by atoms with Crippen LogP contribution in [0.15, 0.2) is 18.2 Å². The fraction of sp³-hybridized carbons (Fsp3) is 0.652. The number of rotatable bonds is 3. The van der Waals surface area contributed by atoms with Gasteiger partial charge in [-0.15, -0.1) is 0 Å². The molecule has 1 aromatic carbocycles. The molecule has 7 nitrogen and oxygen atoms in total. The van der Waals surface area contributed by atoms with Gasteiger partial charge in [-0.1, -0.05) is 11.6 Å². The van der Waals surface area contributed by atoms with E-state index < -0.39 is 5.60 Å².